The molecule has 1 N–H and O–H groups in total. The molecule has 5 aromatic rings. The summed E-state index contributed by atoms with van der Waals surface area (Å²) in [5.41, 5.74) is 1.72. The predicted molar refractivity (Wildman–Crippen MR) is 198 cm³/mol. The first-order valence-electron chi connectivity index (χ1n) is 16.4. The zero-order valence-electron chi connectivity index (χ0n) is 28.0. The van der Waals surface area contributed by atoms with Gasteiger partial charge in [-0.2, -0.15) is 0 Å². The van der Waals surface area contributed by atoms with Crippen molar-refractivity contribution < 1.29 is 22.7 Å². The number of halogens is 1. The van der Waals surface area contributed by atoms with Crippen LogP contribution in [0.3, 0.4) is 0 Å². The minimum absolute atomic E-state index is 0.0189. The number of nitrogens with zero attached hydrogens (tertiary/aromatic N) is 2. The van der Waals surface area contributed by atoms with Crippen LogP contribution in [0.5, 0.6) is 11.5 Å². The molecule has 8 nitrogen and oxygen atoms in total. The van der Waals surface area contributed by atoms with Gasteiger partial charge in [-0.1, -0.05) is 103 Å². The Balaban J connectivity index is 1.56. The highest BCUT2D eigenvalue weighted by Gasteiger charge is 2.35. The average Bonchev–Trinajstić information content (AvgIpc) is 3.14. The molecule has 2 amide bonds. The van der Waals surface area contributed by atoms with Crippen LogP contribution in [0.25, 0.3) is 0 Å². The van der Waals surface area contributed by atoms with E-state index in [1.807, 2.05) is 74.5 Å². The lowest BCUT2D eigenvalue weighted by molar-refractivity contribution is -0.140. The molecule has 10 heteroatoms. The first kappa shape index (κ1) is 36.2. The van der Waals surface area contributed by atoms with Crippen molar-refractivity contribution in [3.8, 4) is 11.5 Å². The zero-order valence-corrected chi connectivity index (χ0v) is 29.6. The highest BCUT2D eigenvalue weighted by Crippen LogP contribution is 2.29. The van der Waals surface area contributed by atoms with E-state index in [-0.39, 0.29) is 35.5 Å². The van der Waals surface area contributed by atoms with Gasteiger partial charge in [0.05, 0.1) is 10.6 Å². The standard InChI is InChI=1S/C40H40ClN3O5S/c1-3-30(2)42-40(46)38(27-31-15-7-4-8-16-31)43(28-32-17-13-14-22-37(32)41)39(45)29-44(50(47,48)36-20-11-6-12-21-36)33-23-25-35(26-24-33)49-34-18-9-5-10-19-34/h4-26,30,38H,3,27-29H2,1-2H3,(H,42,46)/t30-,38-/m0/s1. The fourth-order valence-corrected chi connectivity index (χ4v) is 6.99. The van der Waals surface area contributed by atoms with E-state index in [0.29, 0.717) is 28.5 Å². The Morgan fingerprint density at radius 2 is 1.32 bits per heavy atom. The number of sulfonamides is 1. The normalized spacial score (nSPS) is 12.4. The Hall–Kier alpha value is -5.12. The molecule has 0 aromatic heterocycles. The molecule has 0 aliphatic rings. The van der Waals surface area contributed by atoms with Crippen molar-refractivity contribution in [1.29, 1.82) is 0 Å². The summed E-state index contributed by atoms with van der Waals surface area (Å²) in [6.45, 7) is 3.26. The number of anilines is 1. The van der Waals surface area contributed by atoms with Crippen LogP contribution in [0.2, 0.25) is 5.02 Å². The summed E-state index contributed by atoms with van der Waals surface area (Å²) in [4.78, 5) is 30.2. The quantitative estimate of drug-likeness (QED) is 0.119. The second kappa shape index (κ2) is 17.0. The van der Waals surface area contributed by atoms with E-state index in [1.54, 1.807) is 66.7 Å². The molecule has 0 bridgehead atoms. The number of para-hydroxylation sites is 1. The largest absolute Gasteiger partial charge is 0.457 e. The lowest BCUT2D eigenvalue weighted by Crippen LogP contribution is -2.54. The summed E-state index contributed by atoms with van der Waals surface area (Å²) in [5.74, 6) is 0.200. The van der Waals surface area contributed by atoms with Crippen LogP contribution in [-0.4, -0.2) is 43.8 Å². The van der Waals surface area contributed by atoms with Crippen molar-refractivity contribution >= 4 is 39.1 Å². The van der Waals surface area contributed by atoms with Gasteiger partial charge in [-0.05, 0) is 79.1 Å². The third kappa shape index (κ3) is 9.31. The Morgan fingerprint density at radius 3 is 1.94 bits per heavy atom. The van der Waals surface area contributed by atoms with Gasteiger partial charge in [-0.15, -0.1) is 0 Å². The summed E-state index contributed by atoms with van der Waals surface area (Å²) in [6, 6.07) is 39.1. The SMILES string of the molecule is CC[C@H](C)NC(=O)[C@H](Cc1ccccc1)N(Cc1ccccc1Cl)C(=O)CN(c1ccc(Oc2ccccc2)cc1)S(=O)(=O)c1ccccc1. The summed E-state index contributed by atoms with van der Waals surface area (Å²) in [6.07, 6.45) is 0.894. The Labute approximate surface area is 299 Å². The molecule has 0 aliphatic carbocycles. The minimum atomic E-state index is -4.24. The molecule has 5 rings (SSSR count). The molecule has 50 heavy (non-hydrogen) atoms. The van der Waals surface area contributed by atoms with Crippen molar-refractivity contribution in [2.45, 2.75) is 50.2 Å². The lowest BCUT2D eigenvalue weighted by Gasteiger charge is -2.34. The molecule has 0 saturated carbocycles. The molecule has 0 spiro atoms. The van der Waals surface area contributed by atoms with Crippen LogP contribution >= 0.6 is 11.6 Å². The van der Waals surface area contributed by atoms with Crippen molar-refractivity contribution in [1.82, 2.24) is 10.2 Å². The second-order valence-corrected chi connectivity index (χ2v) is 14.1. The number of amides is 2. The van der Waals surface area contributed by atoms with Gasteiger partial charge in [-0.3, -0.25) is 13.9 Å². The van der Waals surface area contributed by atoms with E-state index in [4.69, 9.17) is 16.3 Å². The van der Waals surface area contributed by atoms with Crippen LogP contribution in [-0.2, 0) is 32.6 Å². The van der Waals surface area contributed by atoms with Gasteiger partial charge in [-0.25, -0.2) is 8.42 Å². The van der Waals surface area contributed by atoms with Crippen LogP contribution in [0.1, 0.15) is 31.4 Å². The Kier molecular flexibility index (Phi) is 12.3. The lowest BCUT2D eigenvalue weighted by atomic mass is 10.0. The molecule has 2 atom stereocenters. The number of hydrogen-bond acceptors (Lipinski definition) is 5. The molecule has 0 aliphatic heterocycles. The van der Waals surface area contributed by atoms with Crippen LogP contribution in [0.4, 0.5) is 5.69 Å². The van der Waals surface area contributed by atoms with E-state index < -0.39 is 28.5 Å². The number of ether oxygens (including phenoxy) is 1. The van der Waals surface area contributed by atoms with Crippen molar-refractivity contribution in [2.75, 3.05) is 10.8 Å². The third-order valence-electron chi connectivity index (χ3n) is 8.28. The van der Waals surface area contributed by atoms with E-state index in [1.165, 1.54) is 17.0 Å². The number of hydrogen-bond donors (Lipinski definition) is 1. The van der Waals surface area contributed by atoms with Crippen molar-refractivity contribution in [2.24, 2.45) is 0 Å². The van der Waals surface area contributed by atoms with Crippen LogP contribution < -0.4 is 14.4 Å². The fourth-order valence-electron chi connectivity index (χ4n) is 5.36. The third-order valence-corrected chi connectivity index (χ3v) is 10.4. The number of carbonyl (C=O) groups excluding carboxylic acids is 2. The smallest absolute Gasteiger partial charge is 0.264 e. The molecule has 5 aromatic carbocycles. The average molecular weight is 710 g/mol. The maximum atomic E-state index is 14.7. The highest BCUT2D eigenvalue weighted by molar-refractivity contribution is 7.92. The number of rotatable bonds is 15. The van der Waals surface area contributed by atoms with Crippen molar-refractivity contribution in [3.05, 3.63) is 156 Å². The highest BCUT2D eigenvalue weighted by atomic mass is 35.5. The van der Waals surface area contributed by atoms with Gasteiger partial charge < -0.3 is 15.0 Å². The maximum Gasteiger partial charge on any atom is 0.264 e. The summed E-state index contributed by atoms with van der Waals surface area (Å²) < 4.78 is 35.6. The topological polar surface area (TPSA) is 96.0 Å². The van der Waals surface area contributed by atoms with E-state index in [0.717, 1.165) is 9.87 Å². The number of carbonyl (C=O) groups is 2. The van der Waals surface area contributed by atoms with E-state index >= 15 is 0 Å². The zero-order chi connectivity index (χ0) is 35.5. The summed E-state index contributed by atoms with van der Waals surface area (Å²) in [7, 11) is -4.24. The molecule has 258 valence electrons. The second-order valence-electron chi connectivity index (χ2n) is 11.9. The monoisotopic (exact) mass is 709 g/mol. The fraction of sp³-hybridized carbons (Fsp3) is 0.200. The number of nitrogens with one attached hydrogen (secondary N) is 1. The Bertz CT molecular complexity index is 1960. The van der Waals surface area contributed by atoms with Gasteiger partial charge in [0.15, 0.2) is 0 Å². The van der Waals surface area contributed by atoms with E-state index in [2.05, 4.69) is 5.32 Å². The van der Waals surface area contributed by atoms with E-state index in [9.17, 15) is 18.0 Å². The molecule has 0 heterocycles. The Morgan fingerprint density at radius 1 is 0.760 bits per heavy atom. The van der Waals surface area contributed by atoms with Gasteiger partial charge in [0.25, 0.3) is 10.0 Å². The minimum Gasteiger partial charge on any atom is -0.457 e. The first-order chi connectivity index (χ1) is 24.2. The van der Waals surface area contributed by atoms with Crippen molar-refractivity contribution in [3.63, 3.8) is 0 Å². The van der Waals surface area contributed by atoms with Gasteiger partial charge in [0.1, 0.15) is 24.1 Å². The van der Waals surface area contributed by atoms with Crippen LogP contribution in [0, 0.1) is 0 Å². The molecule has 0 radical (unpaired) electrons. The molecule has 0 saturated heterocycles. The van der Waals surface area contributed by atoms with Gasteiger partial charge in [0.2, 0.25) is 11.8 Å². The molecular formula is C40H40ClN3O5S. The van der Waals surface area contributed by atoms with Gasteiger partial charge in [0, 0.05) is 24.0 Å². The first-order valence-corrected chi connectivity index (χ1v) is 18.3. The summed E-state index contributed by atoms with van der Waals surface area (Å²) in [5, 5.41) is 3.47. The predicted octanol–water partition coefficient (Wildman–Crippen LogP) is 7.88. The molecule has 0 unspecified atom stereocenters. The summed E-state index contributed by atoms with van der Waals surface area (Å²) >= 11 is 6.59. The number of benzene rings is 5. The van der Waals surface area contributed by atoms with Gasteiger partial charge >= 0.3 is 0 Å². The van der Waals surface area contributed by atoms with Crippen LogP contribution in [0.15, 0.2) is 144 Å². The molecule has 0 fully saturated rings. The molecular weight excluding hydrogens is 670 g/mol. The maximum absolute atomic E-state index is 14.7.